The van der Waals surface area contributed by atoms with Crippen LogP contribution in [-0.4, -0.2) is 10.9 Å². The Labute approximate surface area is 120 Å². The lowest BCUT2D eigenvalue weighted by atomic mass is 10.0. The summed E-state index contributed by atoms with van der Waals surface area (Å²) in [5.41, 5.74) is 3.94. The second kappa shape index (κ2) is 6.33. The summed E-state index contributed by atoms with van der Waals surface area (Å²) >= 11 is 0. The Morgan fingerprint density at radius 3 is 2.50 bits per heavy atom. The van der Waals surface area contributed by atoms with Crippen LogP contribution in [0.1, 0.15) is 46.9 Å². The van der Waals surface area contributed by atoms with Crippen LogP contribution >= 0.6 is 0 Å². The molecule has 1 aromatic heterocycles. The third-order valence-corrected chi connectivity index (χ3v) is 3.24. The fraction of sp³-hybridized carbons (Fsp3) is 0.294. The Morgan fingerprint density at radius 1 is 1.20 bits per heavy atom. The van der Waals surface area contributed by atoms with Gasteiger partial charge in [-0.2, -0.15) is 0 Å². The van der Waals surface area contributed by atoms with E-state index in [-0.39, 0.29) is 5.91 Å². The first kappa shape index (κ1) is 14.3. The normalized spacial score (nSPS) is 10.6. The van der Waals surface area contributed by atoms with Crippen LogP contribution in [0.2, 0.25) is 0 Å². The molecule has 3 heteroatoms. The van der Waals surface area contributed by atoms with Crippen LogP contribution in [0.15, 0.2) is 42.6 Å². The molecule has 1 amide bonds. The van der Waals surface area contributed by atoms with Crippen LogP contribution in [0.4, 0.5) is 0 Å². The van der Waals surface area contributed by atoms with Crippen molar-refractivity contribution in [3.8, 4) is 0 Å². The van der Waals surface area contributed by atoms with Gasteiger partial charge in [-0.25, -0.2) is 0 Å². The van der Waals surface area contributed by atoms with Crippen molar-refractivity contribution >= 4 is 5.91 Å². The van der Waals surface area contributed by atoms with Gasteiger partial charge in [-0.3, -0.25) is 9.78 Å². The highest BCUT2D eigenvalue weighted by Gasteiger charge is 2.06. The monoisotopic (exact) mass is 268 g/mol. The minimum absolute atomic E-state index is 0.0661. The highest BCUT2D eigenvalue weighted by molar-refractivity contribution is 5.94. The minimum Gasteiger partial charge on any atom is -0.346 e. The van der Waals surface area contributed by atoms with Crippen LogP contribution in [0, 0.1) is 6.92 Å². The number of hydrogen-bond acceptors (Lipinski definition) is 2. The average Bonchev–Trinajstić information content (AvgIpc) is 2.45. The second-order valence-electron chi connectivity index (χ2n) is 5.28. The number of nitrogens with one attached hydrogen (secondary N) is 1. The molecule has 0 aliphatic rings. The predicted molar refractivity (Wildman–Crippen MR) is 80.7 cm³/mol. The predicted octanol–water partition coefficient (Wildman–Crippen LogP) is 3.44. The summed E-state index contributed by atoms with van der Waals surface area (Å²) in [5.74, 6) is 0.409. The molecule has 1 N–H and O–H groups in total. The van der Waals surface area contributed by atoms with Crippen molar-refractivity contribution in [1.82, 2.24) is 10.3 Å². The number of hydrogen-bond donors (Lipinski definition) is 1. The maximum absolute atomic E-state index is 12.0. The number of carbonyl (C=O) groups is 1. The number of pyridine rings is 1. The van der Waals surface area contributed by atoms with E-state index in [0.717, 1.165) is 11.3 Å². The van der Waals surface area contributed by atoms with E-state index in [4.69, 9.17) is 0 Å². The van der Waals surface area contributed by atoms with Crippen molar-refractivity contribution in [2.24, 2.45) is 0 Å². The van der Waals surface area contributed by atoms with Gasteiger partial charge in [-0.05, 0) is 48.2 Å². The Balaban J connectivity index is 1.98. The van der Waals surface area contributed by atoms with Crippen molar-refractivity contribution in [3.05, 3.63) is 65.0 Å². The van der Waals surface area contributed by atoms with E-state index in [1.165, 1.54) is 5.56 Å². The summed E-state index contributed by atoms with van der Waals surface area (Å²) in [7, 11) is 0. The van der Waals surface area contributed by atoms with Crippen LogP contribution in [0.5, 0.6) is 0 Å². The summed E-state index contributed by atoms with van der Waals surface area (Å²) in [4.78, 5) is 16.3. The second-order valence-corrected chi connectivity index (χ2v) is 5.28. The third kappa shape index (κ3) is 3.67. The molecule has 0 aliphatic heterocycles. The maximum atomic E-state index is 12.0. The molecular weight excluding hydrogens is 248 g/mol. The number of aromatic nitrogens is 1. The summed E-state index contributed by atoms with van der Waals surface area (Å²) in [5, 5.41) is 2.89. The zero-order chi connectivity index (χ0) is 14.5. The van der Waals surface area contributed by atoms with Crippen LogP contribution < -0.4 is 5.32 Å². The summed E-state index contributed by atoms with van der Waals surface area (Å²) < 4.78 is 0. The van der Waals surface area contributed by atoms with Crippen LogP contribution in [-0.2, 0) is 6.54 Å². The lowest BCUT2D eigenvalue weighted by molar-refractivity contribution is 0.0950. The third-order valence-electron chi connectivity index (χ3n) is 3.24. The van der Waals surface area contributed by atoms with Crippen molar-refractivity contribution in [2.45, 2.75) is 33.2 Å². The fourth-order valence-electron chi connectivity index (χ4n) is 1.99. The SMILES string of the molecule is Cc1ccnc(CNC(=O)c2ccc(C(C)C)cc2)c1. The summed E-state index contributed by atoms with van der Waals surface area (Å²) in [6.07, 6.45) is 1.76. The molecule has 2 rings (SSSR count). The van der Waals surface area contributed by atoms with Gasteiger partial charge in [0.15, 0.2) is 0 Å². The quantitative estimate of drug-likeness (QED) is 0.923. The first-order chi connectivity index (χ1) is 9.56. The molecule has 0 atom stereocenters. The minimum atomic E-state index is -0.0661. The molecule has 104 valence electrons. The van der Waals surface area contributed by atoms with E-state index in [1.54, 1.807) is 6.20 Å². The van der Waals surface area contributed by atoms with Gasteiger partial charge in [0.1, 0.15) is 0 Å². The molecule has 1 aromatic carbocycles. The molecule has 0 bridgehead atoms. The summed E-state index contributed by atoms with van der Waals surface area (Å²) in [6.45, 7) is 6.74. The van der Waals surface area contributed by atoms with Crippen molar-refractivity contribution in [1.29, 1.82) is 0 Å². The molecule has 0 spiro atoms. The maximum Gasteiger partial charge on any atom is 0.251 e. The van der Waals surface area contributed by atoms with Gasteiger partial charge >= 0.3 is 0 Å². The van der Waals surface area contributed by atoms with Gasteiger partial charge in [0.2, 0.25) is 0 Å². The van der Waals surface area contributed by atoms with E-state index in [2.05, 4.69) is 24.1 Å². The van der Waals surface area contributed by atoms with Crippen LogP contribution in [0.3, 0.4) is 0 Å². The van der Waals surface area contributed by atoms with Crippen molar-refractivity contribution in [2.75, 3.05) is 0 Å². The molecular formula is C17H20N2O. The van der Waals surface area contributed by atoms with Gasteiger partial charge in [0.25, 0.3) is 5.91 Å². The fourth-order valence-corrected chi connectivity index (χ4v) is 1.99. The molecule has 3 nitrogen and oxygen atoms in total. The molecule has 20 heavy (non-hydrogen) atoms. The smallest absolute Gasteiger partial charge is 0.251 e. The van der Waals surface area contributed by atoms with Gasteiger partial charge in [-0.1, -0.05) is 26.0 Å². The molecule has 0 saturated carbocycles. The molecule has 0 unspecified atom stereocenters. The highest BCUT2D eigenvalue weighted by atomic mass is 16.1. The standard InChI is InChI=1S/C17H20N2O/c1-12(2)14-4-6-15(7-5-14)17(20)19-11-16-10-13(3)8-9-18-16/h4-10,12H,11H2,1-3H3,(H,19,20). The lowest BCUT2D eigenvalue weighted by Gasteiger charge is -2.08. The number of rotatable bonds is 4. The van der Waals surface area contributed by atoms with Gasteiger partial charge in [-0.15, -0.1) is 0 Å². The summed E-state index contributed by atoms with van der Waals surface area (Å²) in [6, 6.07) is 11.7. The molecule has 0 radical (unpaired) electrons. The van der Waals surface area contributed by atoms with E-state index in [9.17, 15) is 4.79 Å². The molecule has 1 heterocycles. The molecule has 0 fully saturated rings. The first-order valence-corrected chi connectivity index (χ1v) is 6.86. The first-order valence-electron chi connectivity index (χ1n) is 6.86. The van der Waals surface area contributed by atoms with Gasteiger partial charge in [0.05, 0.1) is 12.2 Å². The Hall–Kier alpha value is -2.16. The number of amides is 1. The van der Waals surface area contributed by atoms with Gasteiger partial charge < -0.3 is 5.32 Å². The topological polar surface area (TPSA) is 42.0 Å². The van der Waals surface area contributed by atoms with E-state index >= 15 is 0 Å². The van der Waals surface area contributed by atoms with E-state index in [0.29, 0.717) is 18.0 Å². The van der Waals surface area contributed by atoms with E-state index in [1.807, 2.05) is 43.3 Å². The highest BCUT2D eigenvalue weighted by Crippen LogP contribution is 2.14. The number of nitrogens with zero attached hydrogens (tertiary/aromatic N) is 1. The van der Waals surface area contributed by atoms with Crippen molar-refractivity contribution in [3.63, 3.8) is 0 Å². The Bertz CT molecular complexity index is 588. The average molecular weight is 268 g/mol. The zero-order valence-corrected chi connectivity index (χ0v) is 12.2. The van der Waals surface area contributed by atoms with Crippen molar-refractivity contribution < 1.29 is 4.79 Å². The van der Waals surface area contributed by atoms with E-state index < -0.39 is 0 Å². The number of carbonyl (C=O) groups excluding carboxylic acids is 1. The van der Waals surface area contributed by atoms with Gasteiger partial charge in [0, 0.05) is 11.8 Å². The lowest BCUT2D eigenvalue weighted by Crippen LogP contribution is -2.23. The zero-order valence-electron chi connectivity index (χ0n) is 12.2. The molecule has 0 saturated heterocycles. The van der Waals surface area contributed by atoms with Crippen LogP contribution in [0.25, 0.3) is 0 Å². The molecule has 2 aromatic rings. The Morgan fingerprint density at radius 2 is 1.90 bits per heavy atom. The molecule has 0 aliphatic carbocycles. The Kier molecular flexibility index (Phi) is 4.51. The number of benzene rings is 1. The number of aryl methyl sites for hydroxylation is 1. The largest absolute Gasteiger partial charge is 0.346 e.